The number of rotatable bonds is 3. The Bertz CT molecular complexity index is 216. The highest BCUT2D eigenvalue weighted by molar-refractivity contribution is 5.21. The molecular formula is C12H21NO. The van der Waals surface area contributed by atoms with Crippen molar-refractivity contribution < 1.29 is 4.74 Å². The first-order chi connectivity index (χ1) is 6.87. The molecule has 0 bridgehead atoms. The third-order valence-corrected chi connectivity index (χ3v) is 3.47. The van der Waals surface area contributed by atoms with E-state index in [4.69, 9.17) is 4.74 Å². The van der Waals surface area contributed by atoms with Crippen LogP contribution in [0.2, 0.25) is 0 Å². The molecule has 0 spiro atoms. The summed E-state index contributed by atoms with van der Waals surface area (Å²) in [7, 11) is 0. The van der Waals surface area contributed by atoms with Crippen LogP contribution in [0.25, 0.3) is 0 Å². The zero-order chi connectivity index (χ0) is 9.86. The Kier molecular flexibility index (Phi) is 3.12. The van der Waals surface area contributed by atoms with Gasteiger partial charge in [0, 0.05) is 5.54 Å². The van der Waals surface area contributed by atoms with E-state index in [0.717, 1.165) is 6.61 Å². The summed E-state index contributed by atoms with van der Waals surface area (Å²) in [5.41, 5.74) is 1.82. The summed E-state index contributed by atoms with van der Waals surface area (Å²) in [5, 5.41) is 3.69. The summed E-state index contributed by atoms with van der Waals surface area (Å²) in [6, 6.07) is 0. The molecule has 2 aliphatic heterocycles. The van der Waals surface area contributed by atoms with Crippen molar-refractivity contribution in [3.63, 3.8) is 0 Å². The summed E-state index contributed by atoms with van der Waals surface area (Å²) < 4.78 is 5.46. The van der Waals surface area contributed by atoms with Crippen LogP contribution in [0.5, 0.6) is 0 Å². The van der Waals surface area contributed by atoms with E-state index in [-0.39, 0.29) is 0 Å². The first-order valence-electron chi connectivity index (χ1n) is 5.93. The Hall–Kier alpha value is -0.500. The van der Waals surface area contributed by atoms with Crippen molar-refractivity contribution in [1.82, 2.24) is 5.32 Å². The van der Waals surface area contributed by atoms with Gasteiger partial charge in [-0.15, -0.1) is 0 Å². The van der Waals surface area contributed by atoms with E-state index >= 15 is 0 Å². The molecule has 2 aliphatic rings. The first kappa shape index (κ1) is 10.0. The van der Waals surface area contributed by atoms with E-state index in [0.29, 0.717) is 5.54 Å². The van der Waals surface area contributed by atoms with E-state index in [9.17, 15) is 0 Å². The largest absolute Gasteiger partial charge is 0.501 e. The normalized spacial score (nSPS) is 32.5. The molecule has 1 unspecified atom stereocenters. The topological polar surface area (TPSA) is 21.3 Å². The summed E-state index contributed by atoms with van der Waals surface area (Å²) in [4.78, 5) is 0. The lowest BCUT2D eigenvalue weighted by Gasteiger charge is -2.34. The van der Waals surface area contributed by atoms with Gasteiger partial charge in [-0.25, -0.2) is 0 Å². The molecule has 1 N–H and O–H groups in total. The molecule has 0 radical (unpaired) electrons. The second-order valence-electron chi connectivity index (χ2n) is 4.48. The predicted molar refractivity (Wildman–Crippen MR) is 58.1 cm³/mol. The van der Waals surface area contributed by atoms with Crippen LogP contribution in [0.15, 0.2) is 11.8 Å². The molecule has 1 saturated heterocycles. The summed E-state index contributed by atoms with van der Waals surface area (Å²) in [5.74, 6) is 0. The van der Waals surface area contributed by atoms with Crippen LogP contribution in [-0.4, -0.2) is 18.7 Å². The van der Waals surface area contributed by atoms with Crippen LogP contribution in [0.1, 0.15) is 45.4 Å². The van der Waals surface area contributed by atoms with Crippen LogP contribution in [0.3, 0.4) is 0 Å². The zero-order valence-electron chi connectivity index (χ0n) is 9.14. The highest BCUT2D eigenvalue weighted by Gasteiger charge is 2.36. The average molecular weight is 195 g/mol. The van der Waals surface area contributed by atoms with Crippen LogP contribution in [-0.2, 0) is 4.74 Å². The fourth-order valence-electron chi connectivity index (χ4n) is 2.80. The van der Waals surface area contributed by atoms with Gasteiger partial charge in [0.05, 0.1) is 12.9 Å². The minimum absolute atomic E-state index is 0.301. The van der Waals surface area contributed by atoms with Crippen molar-refractivity contribution in [2.24, 2.45) is 0 Å². The molecule has 0 aromatic rings. The lowest BCUT2D eigenvalue weighted by atomic mass is 9.82. The molecule has 80 valence electrons. The molecule has 14 heavy (non-hydrogen) atoms. The Balaban J connectivity index is 2.12. The fourth-order valence-corrected chi connectivity index (χ4v) is 2.80. The van der Waals surface area contributed by atoms with Crippen molar-refractivity contribution in [2.75, 3.05) is 13.2 Å². The van der Waals surface area contributed by atoms with Crippen LogP contribution in [0, 0.1) is 0 Å². The maximum absolute atomic E-state index is 5.46. The maximum atomic E-state index is 5.46. The second-order valence-corrected chi connectivity index (χ2v) is 4.48. The van der Waals surface area contributed by atoms with Gasteiger partial charge < -0.3 is 10.1 Å². The van der Waals surface area contributed by atoms with Crippen LogP contribution >= 0.6 is 0 Å². The Morgan fingerprint density at radius 3 is 3.00 bits per heavy atom. The van der Waals surface area contributed by atoms with Gasteiger partial charge in [-0.1, -0.05) is 13.3 Å². The molecule has 2 heterocycles. The molecule has 0 saturated carbocycles. The Morgan fingerprint density at radius 1 is 1.50 bits per heavy atom. The van der Waals surface area contributed by atoms with Gasteiger partial charge in [-0.2, -0.15) is 0 Å². The van der Waals surface area contributed by atoms with Gasteiger partial charge in [0.1, 0.15) is 0 Å². The van der Waals surface area contributed by atoms with Crippen molar-refractivity contribution in [2.45, 2.75) is 51.0 Å². The molecule has 1 fully saturated rings. The van der Waals surface area contributed by atoms with E-state index in [1.54, 1.807) is 0 Å². The SMILES string of the molecule is CCCC1(C2=COCCC2)CCCN1. The minimum Gasteiger partial charge on any atom is -0.501 e. The molecule has 0 aliphatic carbocycles. The van der Waals surface area contributed by atoms with E-state index in [1.807, 2.05) is 6.26 Å². The van der Waals surface area contributed by atoms with E-state index < -0.39 is 0 Å². The van der Waals surface area contributed by atoms with E-state index in [1.165, 1.54) is 50.6 Å². The fraction of sp³-hybridized carbons (Fsp3) is 0.833. The van der Waals surface area contributed by atoms with Crippen molar-refractivity contribution >= 4 is 0 Å². The summed E-state index contributed by atoms with van der Waals surface area (Å²) >= 11 is 0. The van der Waals surface area contributed by atoms with Gasteiger partial charge in [0.2, 0.25) is 0 Å². The smallest absolute Gasteiger partial charge is 0.0876 e. The lowest BCUT2D eigenvalue weighted by molar-refractivity contribution is 0.208. The predicted octanol–water partition coefficient (Wildman–Crippen LogP) is 2.60. The molecule has 1 atom stereocenters. The van der Waals surface area contributed by atoms with E-state index in [2.05, 4.69) is 12.2 Å². The van der Waals surface area contributed by atoms with Gasteiger partial charge in [-0.05, 0) is 44.2 Å². The standard InChI is InChI=1S/C12H21NO/c1-2-6-12(7-4-8-13-12)11-5-3-9-14-10-11/h10,13H,2-9H2,1H3. The third-order valence-electron chi connectivity index (χ3n) is 3.47. The minimum atomic E-state index is 0.301. The second kappa shape index (κ2) is 4.35. The van der Waals surface area contributed by atoms with Gasteiger partial charge in [0.25, 0.3) is 0 Å². The summed E-state index contributed by atoms with van der Waals surface area (Å²) in [6.45, 7) is 4.36. The molecule has 0 aromatic carbocycles. The highest BCUT2D eigenvalue weighted by Crippen LogP contribution is 2.35. The van der Waals surface area contributed by atoms with Crippen molar-refractivity contribution in [1.29, 1.82) is 0 Å². The van der Waals surface area contributed by atoms with Gasteiger partial charge in [-0.3, -0.25) is 0 Å². The molecule has 2 rings (SSSR count). The zero-order valence-corrected chi connectivity index (χ0v) is 9.14. The quantitative estimate of drug-likeness (QED) is 0.747. The van der Waals surface area contributed by atoms with Gasteiger partial charge in [0.15, 0.2) is 0 Å². The number of ether oxygens (including phenoxy) is 1. The van der Waals surface area contributed by atoms with Gasteiger partial charge >= 0.3 is 0 Å². The Labute approximate surface area is 86.7 Å². The van der Waals surface area contributed by atoms with Crippen LogP contribution < -0.4 is 5.32 Å². The third kappa shape index (κ3) is 1.81. The van der Waals surface area contributed by atoms with Crippen LogP contribution in [0.4, 0.5) is 0 Å². The average Bonchev–Trinajstić information content (AvgIpc) is 2.70. The first-order valence-corrected chi connectivity index (χ1v) is 5.93. The lowest BCUT2D eigenvalue weighted by Crippen LogP contribution is -2.42. The monoisotopic (exact) mass is 195 g/mol. The molecule has 0 aromatic heterocycles. The summed E-state index contributed by atoms with van der Waals surface area (Å²) in [6.07, 6.45) is 9.59. The van der Waals surface area contributed by atoms with Crippen molar-refractivity contribution in [3.8, 4) is 0 Å². The number of hydrogen-bond acceptors (Lipinski definition) is 2. The van der Waals surface area contributed by atoms with Crippen molar-refractivity contribution in [3.05, 3.63) is 11.8 Å². The molecule has 2 nitrogen and oxygen atoms in total. The maximum Gasteiger partial charge on any atom is 0.0876 e. The molecule has 0 amide bonds. The highest BCUT2D eigenvalue weighted by atomic mass is 16.5. The number of hydrogen-bond donors (Lipinski definition) is 1. The number of nitrogens with one attached hydrogen (secondary N) is 1. The Morgan fingerprint density at radius 2 is 2.43 bits per heavy atom. The molecular weight excluding hydrogens is 174 g/mol. The molecule has 2 heteroatoms.